The van der Waals surface area contributed by atoms with Crippen LogP contribution in [0, 0.1) is 0 Å². The highest BCUT2D eigenvalue weighted by molar-refractivity contribution is 6.17. The molecule has 0 aromatic carbocycles. The van der Waals surface area contributed by atoms with Gasteiger partial charge in [0.1, 0.15) is 5.57 Å². The number of rotatable bonds is 1. The van der Waals surface area contributed by atoms with Crippen molar-refractivity contribution < 1.29 is 23.8 Å². The zero-order chi connectivity index (χ0) is 10.9. The summed E-state index contributed by atoms with van der Waals surface area (Å²) in [5.41, 5.74) is 0.0330. The second kappa shape index (κ2) is 3.75. The van der Waals surface area contributed by atoms with Gasteiger partial charge < -0.3 is 14.2 Å². The molecule has 0 saturated carbocycles. The lowest BCUT2D eigenvalue weighted by molar-refractivity contribution is -0.146. The molecule has 1 spiro atoms. The van der Waals surface area contributed by atoms with Gasteiger partial charge >= 0.3 is 5.97 Å². The minimum Gasteiger partial charge on any atom is -0.465 e. The number of esters is 1. The van der Waals surface area contributed by atoms with Gasteiger partial charge in [-0.05, 0) is 6.08 Å². The van der Waals surface area contributed by atoms with Crippen LogP contribution in [-0.2, 0) is 23.8 Å². The third-order valence-corrected chi connectivity index (χ3v) is 2.55. The third kappa shape index (κ3) is 1.80. The van der Waals surface area contributed by atoms with Crippen LogP contribution >= 0.6 is 0 Å². The van der Waals surface area contributed by atoms with Crippen LogP contribution in [-0.4, -0.2) is 37.9 Å². The molecule has 2 aliphatic rings. The van der Waals surface area contributed by atoms with Gasteiger partial charge in [0.2, 0.25) is 0 Å². The van der Waals surface area contributed by atoms with Gasteiger partial charge in [-0.25, -0.2) is 4.79 Å². The minimum absolute atomic E-state index is 0.0330. The second-order valence-corrected chi connectivity index (χ2v) is 3.48. The van der Waals surface area contributed by atoms with E-state index in [4.69, 9.17) is 9.47 Å². The topological polar surface area (TPSA) is 61.8 Å². The Balaban J connectivity index is 2.28. The van der Waals surface area contributed by atoms with E-state index in [0.717, 1.165) is 0 Å². The zero-order valence-electron chi connectivity index (χ0n) is 8.45. The maximum atomic E-state index is 11.5. The van der Waals surface area contributed by atoms with Crippen molar-refractivity contribution in [2.75, 3.05) is 20.3 Å². The maximum absolute atomic E-state index is 11.5. The highest BCUT2D eigenvalue weighted by Gasteiger charge is 2.41. The number of hydrogen-bond donors (Lipinski definition) is 0. The Bertz CT molecular complexity index is 325. The van der Waals surface area contributed by atoms with E-state index in [1.807, 2.05) is 0 Å². The van der Waals surface area contributed by atoms with Crippen LogP contribution in [0.3, 0.4) is 0 Å². The molecule has 1 saturated heterocycles. The Morgan fingerprint density at radius 2 is 2.13 bits per heavy atom. The predicted molar refractivity (Wildman–Crippen MR) is 49.0 cm³/mol. The summed E-state index contributed by atoms with van der Waals surface area (Å²) < 4.78 is 15.3. The summed E-state index contributed by atoms with van der Waals surface area (Å²) >= 11 is 0. The highest BCUT2D eigenvalue weighted by atomic mass is 16.7. The van der Waals surface area contributed by atoms with E-state index in [2.05, 4.69) is 4.74 Å². The van der Waals surface area contributed by atoms with E-state index in [0.29, 0.717) is 19.6 Å². The number of methoxy groups -OCH3 is 1. The Kier molecular flexibility index (Phi) is 2.58. The maximum Gasteiger partial charge on any atom is 0.341 e. The molecule has 15 heavy (non-hydrogen) atoms. The molecule has 1 aliphatic heterocycles. The first kappa shape index (κ1) is 10.3. The van der Waals surface area contributed by atoms with Crippen LogP contribution in [0.2, 0.25) is 0 Å². The third-order valence-electron chi connectivity index (χ3n) is 2.55. The van der Waals surface area contributed by atoms with Gasteiger partial charge in [0.05, 0.1) is 20.3 Å². The molecule has 1 heterocycles. The minimum atomic E-state index is -0.878. The second-order valence-electron chi connectivity index (χ2n) is 3.48. The van der Waals surface area contributed by atoms with Gasteiger partial charge in [-0.3, -0.25) is 4.79 Å². The van der Waals surface area contributed by atoms with Crippen molar-refractivity contribution in [3.63, 3.8) is 0 Å². The zero-order valence-corrected chi connectivity index (χ0v) is 8.45. The molecule has 1 fully saturated rings. The first-order valence-electron chi connectivity index (χ1n) is 4.79. The van der Waals surface area contributed by atoms with E-state index in [9.17, 15) is 9.59 Å². The number of ketones is 1. The summed E-state index contributed by atoms with van der Waals surface area (Å²) in [5, 5.41) is 0. The van der Waals surface area contributed by atoms with Crippen molar-refractivity contribution in [2.45, 2.75) is 18.6 Å². The summed E-state index contributed by atoms with van der Waals surface area (Å²) in [6.07, 6.45) is 2.16. The van der Waals surface area contributed by atoms with Crippen LogP contribution in [0.5, 0.6) is 0 Å². The van der Waals surface area contributed by atoms with Crippen molar-refractivity contribution in [3.8, 4) is 0 Å². The van der Waals surface area contributed by atoms with Crippen LogP contribution < -0.4 is 0 Å². The molecule has 0 bridgehead atoms. The molecular formula is C10H12O5. The summed E-state index contributed by atoms with van der Waals surface area (Å²) in [6, 6.07) is 0. The van der Waals surface area contributed by atoms with Crippen LogP contribution in [0.4, 0.5) is 0 Å². The molecule has 82 valence electrons. The summed E-state index contributed by atoms with van der Waals surface area (Å²) in [5.74, 6) is -1.72. The molecule has 2 rings (SSSR count). The number of ether oxygens (including phenoxy) is 3. The summed E-state index contributed by atoms with van der Waals surface area (Å²) in [7, 11) is 1.24. The molecule has 5 heteroatoms. The van der Waals surface area contributed by atoms with Gasteiger partial charge in [-0.15, -0.1) is 0 Å². The molecule has 0 atom stereocenters. The quantitative estimate of drug-likeness (QED) is 0.458. The number of carbonyl (C=O) groups is 2. The van der Waals surface area contributed by atoms with Crippen molar-refractivity contribution in [3.05, 3.63) is 11.6 Å². The van der Waals surface area contributed by atoms with Gasteiger partial charge in [0.25, 0.3) is 0 Å². The Labute approximate surface area is 87.0 Å². The fraction of sp³-hybridized carbons (Fsp3) is 0.600. The largest absolute Gasteiger partial charge is 0.465 e. The fourth-order valence-corrected chi connectivity index (χ4v) is 1.78. The van der Waals surface area contributed by atoms with Crippen LogP contribution in [0.15, 0.2) is 11.6 Å². The van der Waals surface area contributed by atoms with Crippen molar-refractivity contribution in [1.29, 1.82) is 0 Å². The molecule has 0 amide bonds. The number of Topliss-reactive ketones (excluding diaryl/α,β-unsaturated/α-hetero) is 1. The summed E-state index contributed by atoms with van der Waals surface area (Å²) in [4.78, 5) is 22.7. The van der Waals surface area contributed by atoms with Crippen molar-refractivity contribution in [2.24, 2.45) is 0 Å². The molecule has 0 unspecified atom stereocenters. The predicted octanol–water partition coefficient (Wildman–Crippen LogP) is 0.192. The lowest BCUT2D eigenvalue weighted by Crippen LogP contribution is -2.35. The molecule has 1 aliphatic carbocycles. The lowest BCUT2D eigenvalue weighted by atomic mass is 9.93. The molecule has 0 aromatic heterocycles. The van der Waals surface area contributed by atoms with E-state index in [-0.39, 0.29) is 17.8 Å². The molecule has 0 aromatic rings. The monoisotopic (exact) mass is 212 g/mol. The van der Waals surface area contributed by atoms with E-state index in [1.54, 1.807) is 0 Å². The van der Waals surface area contributed by atoms with Gasteiger partial charge in [0.15, 0.2) is 11.6 Å². The highest BCUT2D eigenvalue weighted by Crippen LogP contribution is 2.32. The molecule has 5 nitrogen and oxygen atoms in total. The molecule has 0 radical (unpaired) electrons. The molecular weight excluding hydrogens is 200 g/mol. The van der Waals surface area contributed by atoms with Gasteiger partial charge in [0, 0.05) is 12.8 Å². The molecule has 0 N–H and O–H groups in total. The normalized spacial score (nSPS) is 24.1. The first-order valence-corrected chi connectivity index (χ1v) is 4.79. The smallest absolute Gasteiger partial charge is 0.341 e. The summed E-state index contributed by atoms with van der Waals surface area (Å²) in [6.45, 7) is 0.971. The van der Waals surface area contributed by atoms with Crippen LogP contribution in [0.25, 0.3) is 0 Å². The standard InChI is InChI=1S/C10H12O5/c1-13-9(12)7-6-10(3-2-8(7)11)14-4-5-15-10/h6H,2-5H2,1H3. The number of carbonyl (C=O) groups excluding carboxylic acids is 2. The van der Waals surface area contributed by atoms with Crippen LogP contribution in [0.1, 0.15) is 12.8 Å². The van der Waals surface area contributed by atoms with Crippen molar-refractivity contribution in [1.82, 2.24) is 0 Å². The van der Waals surface area contributed by atoms with Crippen molar-refractivity contribution >= 4 is 11.8 Å². The fourth-order valence-electron chi connectivity index (χ4n) is 1.78. The Morgan fingerprint density at radius 3 is 2.73 bits per heavy atom. The lowest BCUT2D eigenvalue weighted by Gasteiger charge is -2.27. The van der Waals surface area contributed by atoms with E-state index in [1.165, 1.54) is 13.2 Å². The van der Waals surface area contributed by atoms with E-state index < -0.39 is 11.8 Å². The van der Waals surface area contributed by atoms with Gasteiger partial charge in [-0.1, -0.05) is 0 Å². The van der Waals surface area contributed by atoms with E-state index >= 15 is 0 Å². The SMILES string of the molecule is COC(=O)C1=CC2(CCC1=O)OCCO2. The average Bonchev–Trinajstić information content (AvgIpc) is 2.70. The van der Waals surface area contributed by atoms with Gasteiger partial charge in [-0.2, -0.15) is 0 Å². The first-order chi connectivity index (χ1) is 7.17. The number of hydrogen-bond acceptors (Lipinski definition) is 5. The average molecular weight is 212 g/mol. The Morgan fingerprint density at radius 1 is 1.47 bits per heavy atom. The Hall–Kier alpha value is -1.20.